The van der Waals surface area contributed by atoms with Gasteiger partial charge < -0.3 is 14.5 Å². The molecular formula is C23H17Cl2N3O3S2. The number of thiazole rings is 1. The van der Waals surface area contributed by atoms with Crippen LogP contribution in [0.5, 0.6) is 5.75 Å². The topological polar surface area (TPSA) is 76.4 Å². The number of benzene rings is 2. The van der Waals surface area contributed by atoms with Crippen molar-refractivity contribution in [1.29, 1.82) is 0 Å². The van der Waals surface area contributed by atoms with E-state index in [-0.39, 0.29) is 5.11 Å². The van der Waals surface area contributed by atoms with Crippen LogP contribution in [0, 0.1) is 0 Å². The lowest BCUT2D eigenvalue weighted by molar-refractivity contribution is -0.115. The quantitative estimate of drug-likeness (QED) is 0.216. The van der Waals surface area contributed by atoms with Crippen LogP contribution >= 0.6 is 46.8 Å². The van der Waals surface area contributed by atoms with Crippen molar-refractivity contribution in [2.45, 2.75) is 6.92 Å². The summed E-state index contributed by atoms with van der Waals surface area (Å²) in [5.74, 6) is 1.42. The molecule has 0 aliphatic carbocycles. The Morgan fingerprint density at radius 2 is 2.06 bits per heavy atom. The zero-order valence-electron chi connectivity index (χ0n) is 17.2. The second kappa shape index (κ2) is 10.4. The van der Waals surface area contributed by atoms with Gasteiger partial charge in [0.2, 0.25) is 5.91 Å². The maximum absolute atomic E-state index is 12.2. The SMILES string of the molecule is CCOc1ccc2nc(NC(=S)NC(=O)/C=C/c3ccc(-c4ccc(Cl)cc4Cl)o3)sc2c1. The van der Waals surface area contributed by atoms with Gasteiger partial charge in [-0.05, 0) is 73.7 Å². The number of carbonyl (C=O) groups is 1. The molecule has 2 heterocycles. The highest BCUT2D eigenvalue weighted by atomic mass is 35.5. The number of hydrogen-bond donors (Lipinski definition) is 2. The van der Waals surface area contributed by atoms with E-state index in [1.165, 1.54) is 23.5 Å². The molecule has 1 amide bonds. The highest BCUT2D eigenvalue weighted by Crippen LogP contribution is 2.32. The Labute approximate surface area is 209 Å². The molecule has 4 rings (SSSR count). The molecule has 0 saturated carbocycles. The molecule has 0 atom stereocenters. The van der Waals surface area contributed by atoms with E-state index < -0.39 is 5.91 Å². The molecule has 0 saturated heterocycles. The van der Waals surface area contributed by atoms with Gasteiger partial charge in [-0.1, -0.05) is 34.5 Å². The number of nitrogens with zero attached hydrogens (tertiary/aromatic N) is 1. The van der Waals surface area contributed by atoms with Gasteiger partial charge in [-0.15, -0.1) is 0 Å². The Hall–Kier alpha value is -2.91. The van der Waals surface area contributed by atoms with E-state index in [0.29, 0.717) is 38.9 Å². The second-order valence-corrected chi connectivity index (χ2v) is 8.97. The predicted molar refractivity (Wildman–Crippen MR) is 138 cm³/mol. The number of rotatable bonds is 6. The van der Waals surface area contributed by atoms with E-state index in [9.17, 15) is 4.79 Å². The van der Waals surface area contributed by atoms with Gasteiger partial charge in [0.15, 0.2) is 10.2 Å². The highest BCUT2D eigenvalue weighted by Gasteiger charge is 2.10. The van der Waals surface area contributed by atoms with Crippen LogP contribution < -0.4 is 15.4 Å². The number of thiocarbonyl (C=S) groups is 1. The number of halogens is 2. The van der Waals surface area contributed by atoms with Crippen LogP contribution in [0.25, 0.3) is 27.6 Å². The van der Waals surface area contributed by atoms with Crippen LogP contribution in [0.15, 0.2) is 59.0 Å². The van der Waals surface area contributed by atoms with Crippen LogP contribution in [0.1, 0.15) is 12.7 Å². The number of nitrogens with one attached hydrogen (secondary N) is 2. The van der Waals surface area contributed by atoms with Crippen molar-refractivity contribution in [2.75, 3.05) is 11.9 Å². The van der Waals surface area contributed by atoms with Crippen LogP contribution in [-0.2, 0) is 4.79 Å². The van der Waals surface area contributed by atoms with Crippen LogP contribution in [0.3, 0.4) is 0 Å². The summed E-state index contributed by atoms with van der Waals surface area (Å²) in [6, 6.07) is 14.3. The molecule has 0 aliphatic rings. The summed E-state index contributed by atoms with van der Waals surface area (Å²) in [5, 5.41) is 7.25. The van der Waals surface area contributed by atoms with Crippen LogP contribution in [0.4, 0.5) is 5.13 Å². The molecule has 0 radical (unpaired) electrons. The molecular weight excluding hydrogens is 501 g/mol. The van der Waals surface area contributed by atoms with Crippen molar-refractivity contribution >= 4 is 79.2 Å². The Kier molecular flexibility index (Phi) is 7.29. The first-order valence-electron chi connectivity index (χ1n) is 9.80. The largest absolute Gasteiger partial charge is 0.494 e. The summed E-state index contributed by atoms with van der Waals surface area (Å²) in [7, 11) is 0. The van der Waals surface area contributed by atoms with Gasteiger partial charge in [0.25, 0.3) is 0 Å². The summed E-state index contributed by atoms with van der Waals surface area (Å²) >= 11 is 18.8. The van der Waals surface area contributed by atoms with E-state index in [4.69, 9.17) is 44.6 Å². The minimum Gasteiger partial charge on any atom is -0.494 e. The number of hydrogen-bond acceptors (Lipinski definition) is 6. The number of fused-ring (bicyclic) bond motifs is 1. The maximum Gasteiger partial charge on any atom is 0.250 e. The van der Waals surface area contributed by atoms with Gasteiger partial charge in [0.1, 0.15) is 17.3 Å². The number of ether oxygens (including phenoxy) is 1. The summed E-state index contributed by atoms with van der Waals surface area (Å²) in [4.78, 5) is 16.7. The lowest BCUT2D eigenvalue weighted by Gasteiger charge is -2.04. The normalized spacial score (nSPS) is 11.1. The van der Waals surface area contributed by atoms with Gasteiger partial charge >= 0.3 is 0 Å². The molecule has 0 spiro atoms. The average molecular weight is 518 g/mol. The lowest BCUT2D eigenvalue weighted by Crippen LogP contribution is -2.32. The molecule has 168 valence electrons. The molecule has 2 aromatic carbocycles. The fraction of sp³-hybridized carbons (Fsp3) is 0.0870. The second-order valence-electron chi connectivity index (χ2n) is 6.68. The van der Waals surface area contributed by atoms with Gasteiger partial charge in [0, 0.05) is 16.7 Å². The van der Waals surface area contributed by atoms with Crippen molar-refractivity contribution < 1.29 is 13.9 Å². The Balaban J connectivity index is 1.35. The molecule has 0 bridgehead atoms. The number of furan rings is 1. The van der Waals surface area contributed by atoms with E-state index >= 15 is 0 Å². The maximum atomic E-state index is 12.2. The van der Waals surface area contributed by atoms with Gasteiger partial charge in [0.05, 0.1) is 21.8 Å². The molecule has 0 aliphatic heterocycles. The van der Waals surface area contributed by atoms with Crippen LogP contribution in [0.2, 0.25) is 10.0 Å². The lowest BCUT2D eigenvalue weighted by atomic mass is 10.2. The third-order valence-electron chi connectivity index (χ3n) is 4.35. The molecule has 4 aromatic rings. The Morgan fingerprint density at radius 3 is 2.85 bits per heavy atom. The van der Waals surface area contributed by atoms with E-state index in [0.717, 1.165) is 16.0 Å². The van der Waals surface area contributed by atoms with Crippen molar-refractivity contribution in [2.24, 2.45) is 0 Å². The fourth-order valence-electron chi connectivity index (χ4n) is 2.93. The highest BCUT2D eigenvalue weighted by molar-refractivity contribution is 7.80. The zero-order chi connectivity index (χ0) is 23.4. The van der Waals surface area contributed by atoms with Gasteiger partial charge in [-0.25, -0.2) is 4.98 Å². The number of anilines is 1. The monoisotopic (exact) mass is 517 g/mol. The molecule has 0 unspecified atom stereocenters. The first-order chi connectivity index (χ1) is 15.9. The third kappa shape index (κ3) is 5.91. The van der Waals surface area contributed by atoms with Crippen LogP contribution in [-0.4, -0.2) is 22.6 Å². The Bertz CT molecular complexity index is 1360. The smallest absolute Gasteiger partial charge is 0.250 e. The van der Waals surface area contributed by atoms with Gasteiger partial charge in [-0.3, -0.25) is 10.1 Å². The molecule has 10 heteroatoms. The average Bonchev–Trinajstić information content (AvgIpc) is 3.38. The van der Waals surface area contributed by atoms with Crippen molar-refractivity contribution in [3.8, 4) is 17.1 Å². The third-order valence-corrected chi connectivity index (χ3v) is 6.04. The number of amides is 1. The predicted octanol–water partition coefficient (Wildman–Crippen LogP) is 6.79. The summed E-state index contributed by atoms with van der Waals surface area (Å²) in [5.41, 5.74) is 1.52. The van der Waals surface area contributed by atoms with Gasteiger partial charge in [-0.2, -0.15) is 0 Å². The minimum absolute atomic E-state index is 0.141. The minimum atomic E-state index is -0.408. The van der Waals surface area contributed by atoms with Crippen molar-refractivity contribution in [1.82, 2.24) is 10.3 Å². The first-order valence-corrected chi connectivity index (χ1v) is 11.8. The zero-order valence-corrected chi connectivity index (χ0v) is 20.4. The van der Waals surface area contributed by atoms with Crippen molar-refractivity contribution in [3.05, 3.63) is 70.4 Å². The summed E-state index contributed by atoms with van der Waals surface area (Å²) in [6.07, 6.45) is 2.87. The van der Waals surface area contributed by atoms with E-state index in [1.807, 2.05) is 25.1 Å². The molecule has 0 fully saturated rings. The number of carbonyl (C=O) groups excluding carboxylic acids is 1. The molecule has 2 N–H and O–H groups in total. The molecule has 2 aromatic heterocycles. The summed E-state index contributed by atoms with van der Waals surface area (Å²) in [6.45, 7) is 2.52. The van der Waals surface area contributed by atoms with E-state index in [1.54, 1.807) is 30.3 Å². The number of aromatic nitrogens is 1. The summed E-state index contributed by atoms with van der Waals surface area (Å²) < 4.78 is 12.2. The Morgan fingerprint density at radius 1 is 1.21 bits per heavy atom. The van der Waals surface area contributed by atoms with E-state index in [2.05, 4.69) is 15.6 Å². The molecule has 6 nitrogen and oxygen atoms in total. The fourth-order valence-corrected chi connectivity index (χ4v) is 4.59. The standard InChI is InChI=1S/C23H17Cl2N3O3S2/c1-2-30-15-4-8-18-20(12-15)33-23(26-18)28-22(32)27-21(29)10-6-14-5-9-19(31-14)16-7-3-13(24)11-17(16)25/h3-12H,2H2,1H3,(H2,26,27,28,29,32)/b10-6+. The van der Waals surface area contributed by atoms with Crippen molar-refractivity contribution in [3.63, 3.8) is 0 Å². The molecule has 33 heavy (non-hydrogen) atoms. The first kappa shape index (κ1) is 23.3.